The summed E-state index contributed by atoms with van der Waals surface area (Å²) in [5.41, 5.74) is 7.05. The number of hydrogen-bond donors (Lipinski definition) is 1. The zero-order chi connectivity index (χ0) is 9.90. The van der Waals surface area contributed by atoms with Crippen molar-refractivity contribution in [2.75, 3.05) is 5.75 Å². The number of hydrogen-bond acceptors (Lipinski definition) is 3. The van der Waals surface area contributed by atoms with Gasteiger partial charge in [0.2, 0.25) is 0 Å². The lowest BCUT2D eigenvalue weighted by atomic mass is 10.1. The standard InChI is InChI=1S/C9H17N3S/c1-9(2,10)7-13-6-8-4-11-12(3)5-8/h4-5H,6-7,10H2,1-3H3. The summed E-state index contributed by atoms with van der Waals surface area (Å²) in [6.07, 6.45) is 3.94. The van der Waals surface area contributed by atoms with Crippen molar-refractivity contribution in [3.63, 3.8) is 0 Å². The molecule has 0 aliphatic heterocycles. The third-order valence-corrected chi connectivity index (χ3v) is 2.99. The van der Waals surface area contributed by atoms with Gasteiger partial charge in [-0.25, -0.2) is 0 Å². The summed E-state index contributed by atoms with van der Waals surface area (Å²) in [6, 6.07) is 0. The van der Waals surface area contributed by atoms with E-state index in [1.54, 1.807) is 0 Å². The fourth-order valence-corrected chi connectivity index (χ4v) is 1.99. The second-order valence-corrected chi connectivity index (χ2v) is 4.99. The zero-order valence-corrected chi connectivity index (χ0v) is 9.27. The zero-order valence-electron chi connectivity index (χ0n) is 8.45. The van der Waals surface area contributed by atoms with Crippen LogP contribution in [0.4, 0.5) is 0 Å². The minimum absolute atomic E-state index is 0.0765. The van der Waals surface area contributed by atoms with Crippen molar-refractivity contribution in [1.82, 2.24) is 9.78 Å². The van der Waals surface area contributed by atoms with Gasteiger partial charge in [0.15, 0.2) is 0 Å². The molecule has 0 unspecified atom stereocenters. The van der Waals surface area contributed by atoms with Gasteiger partial charge in [0.1, 0.15) is 0 Å². The molecule has 4 heteroatoms. The molecule has 0 bridgehead atoms. The van der Waals surface area contributed by atoms with Crippen LogP contribution >= 0.6 is 11.8 Å². The first kappa shape index (κ1) is 10.6. The van der Waals surface area contributed by atoms with E-state index >= 15 is 0 Å². The van der Waals surface area contributed by atoms with Crippen LogP contribution in [0.3, 0.4) is 0 Å². The molecular weight excluding hydrogens is 182 g/mol. The summed E-state index contributed by atoms with van der Waals surface area (Å²) in [5.74, 6) is 1.97. The minimum atomic E-state index is -0.0765. The highest BCUT2D eigenvalue weighted by molar-refractivity contribution is 7.98. The average molecular weight is 199 g/mol. The number of aryl methyl sites for hydroxylation is 1. The van der Waals surface area contributed by atoms with Gasteiger partial charge in [0.05, 0.1) is 6.20 Å². The van der Waals surface area contributed by atoms with Crippen molar-refractivity contribution in [3.05, 3.63) is 18.0 Å². The fraction of sp³-hybridized carbons (Fsp3) is 0.667. The second-order valence-electron chi connectivity index (χ2n) is 4.00. The smallest absolute Gasteiger partial charge is 0.0530 e. The Labute approximate surface area is 83.7 Å². The van der Waals surface area contributed by atoms with Crippen LogP contribution in [0.5, 0.6) is 0 Å². The molecule has 3 nitrogen and oxygen atoms in total. The number of nitrogens with zero attached hydrogens (tertiary/aromatic N) is 2. The third-order valence-electron chi connectivity index (χ3n) is 1.50. The molecule has 0 aliphatic carbocycles. The summed E-state index contributed by atoms with van der Waals surface area (Å²) in [4.78, 5) is 0. The van der Waals surface area contributed by atoms with E-state index in [1.165, 1.54) is 5.56 Å². The van der Waals surface area contributed by atoms with Crippen LogP contribution in [0.25, 0.3) is 0 Å². The van der Waals surface area contributed by atoms with Gasteiger partial charge in [-0.2, -0.15) is 16.9 Å². The third kappa shape index (κ3) is 4.33. The first-order valence-corrected chi connectivity index (χ1v) is 5.47. The molecule has 74 valence electrons. The fourth-order valence-electron chi connectivity index (χ4n) is 0.978. The largest absolute Gasteiger partial charge is 0.325 e. The van der Waals surface area contributed by atoms with Gasteiger partial charge in [0, 0.05) is 30.3 Å². The molecule has 0 saturated heterocycles. The van der Waals surface area contributed by atoms with E-state index in [9.17, 15) is 0 Å². The van der Waals surface area contributed by atoms with Crippen molar-refractivity contribution in [2.45, 2.75) is 25.1 Å². The van der Waals surface area contributed by atoms with Crippen molar-refractivity contribution >= 4 is 11.8 Å². The predicted molar refractivity (Wildman–Crippen MR) is 57.6 cm³/mol. The molecule has 0 aliphatic rings. The lowest BCUT2D eigenvalue weighted by molar-refractivity contribution is 0.591. The number of nitrogens with two attached hydrogens (primary N) is 1. The van der Waals surface area contributed by atoms with Crippen LogP contribution in [0.1, 0.15) is 19.4 Å². The summed E-state index contributed by atoms with van der Waals surface area (Å²) < 4.78 is 1.82. The quantitative estimate of drug-likeness (QED) is 0.797. The SMILES string of the molecule is Cn1cc(CSCC(C)(C)N)cn1. The highest BCUT2D eigenvalue weighted by atomic mass is 32.2. The van der Waals surface area contributed by atoms with E-state index in [1.807, 2.05) is 49.7 Å². The summed E-state index contributed by atoms with van der Waals surface area (Å²) in [5, 5.41) is 4.10. The van der Waals surface area contributed by atoms with Gasteiger partial charge in [-0.15, -0.1) is 0 Å². The average Bonchev–Trinajstić information content (AvgIpc) is 2.33. The van der Waals surface area contributed by atoms with E-state index in [0.717, 1.165) is 11.5 Å². The number of thioether (sulfide) groups is 1. The van der Waals surface area contributed by atoms with Crippen molar-refractivity contribution < 1.29 is 0 Å². The van der Waals surface area contributed by atoms with Gasteiger partial charge >= 0.3 is 0 Å². The molecule has 1 aromatic heterocycles. The maximum absolute atomic E-state index is 5.86. The molecule has 0 atom stereocenters. The van der Waals surface area contributed by atoms with Gasteiger partial charge < -0.3 is 5.73 Å². The lowest BCUT2D eigenvalue weighted by Crippen LogP contribution is -2.34. The van der Waals surface area contributed by atoms with Gasteiger partial charge in [-0.3, -0.25) is 4.68 Å². The van der Waals surface area contributed by atoms with Crippen molar-refractivity contribution in [2.24, 2.45) is 12.8 Å². The summed E-state index contributed by atoms with van der Waals surface area (Å²) >= 11 is 1.85. The number of rotatable bonds is 4. The Kier molecular flexibility index (Phi) is 3.39. The van der Waals surface area contributed by atoms with Crippen molar-refractivity contribution in [3.8, 4) is 0 Å². The van der Waals surface area contributed by atoms with E-state index < -0.39 is 0 Å². The highest BCUT2D eigenvalue weighted by Crippen LogP contribution is 2.15. The Hall–Kier alpha value is -0.480. The van der Waals surface area contributed by atoms with E-state index in [0.29, 0.717) is 0 Å². The molecular formula is C9H17N3S. The Morgan fingerprint density at radius 2 is 2.31 bits per heavy atom. The first-order valence-electron chi connectivity index (χ1n) is 4.31. The maximum Gasteiger partial charge on any atom is 0.0530 e. The highest BCUT2D eigenvalue weighted by Gasteiger charge is 2.10. The number of aromatic nitrogens is 2. The Bertz CT molecular complexity index is 262. The molecule has 13 heavy (non-hydrogen) atoms. The molecule has 1 aromatic rings. The van der Waals surface area contributed by atoms with Gasteiger partial charge in [0.25, 0.3) is 0 Å². The molecule has 0 spiro atoms. The molecule has 0 amide bonds. The van der Waals surface area contributed by atoms with Crippen LogP contribution in [-0.2, 0) is 12.8 Å². The molecule has 0 radical (unpaired) electrons. The Morgan fingerprint density at radius 1 is 1.62 bits per heavy atom. The summed E-state index contributed by atoms with van der Waals surface area (Å²) in [6.45, 7) is 4.09. The van der Waals surface area contributed by atoms with Crippen molar-refractivity contribution in [1.29, 1.82) is 0 Å². The molecule has 2 N–H and O–H groups in total. The van der Waals surface area contributed by atoms with Gasteiger partial charge in [-0.1, -0.05) is 0 Å². The van der Waals surface area contributed by atoms with Crippen LogP contribution in [0.15, 0.2) is 12.4 Å². The minimum Gasteiger partial charge on any atom is -0.325 e. The predicted octanol–water partition coefficient (Wildman–Crippen LogP) is 1.39. The Morgan fingerprint density at radius 3 is 2.77 bits per heavy atom. The second kappa shape index (κ2) is 4.15. The molecule has 0 saturated carbocycles. The first-order chi connectivity index (χ1) is 5.97. The van der Waals surface area contributed by atoms with Crippen LogP contribution in [0, 0.1) is 0 Å². The normalized spacial score (nSPS) is 12.0. The molecule has 0 aromatic carbocycles. The topological polar surface area (TPSA) is 43.8 Å². The van der Waals surface area contributed by atoms with Gasteiger partial charge in [-0.05, 0) is 19.4 Å². The van der Waals surface area contributed by atoms with Crippen LogP contribution < -0.4 is 5.73 Å². The maximum atomic E-state index is 5.86. The summed E-state index contributed by atoms with van der Waals surface area (Å²) in [7, 11) is 1.93. The molecule has 0 fully saturated rings. The van der Waals surface area contributed by atoms with Crippen LogP contribution in [0.2, 0.25) is 0 Å². The van der Waals surface area contributed by atoms with Crippen LogP contribution in [-0.4, -0.2) is 21.1 Å². The lowest BCUT2D eigenvalue weighted by Gasteiger charge is -2.16. The molecule has 1 rings (SSSR count). The Balaban J connectivity index is 2.28. The van der Waals surface area contributed by atoms with E-state index in [4.69, 9.17) is 5.73 Å². The van der Waals surface area contributed by atoms with E-state index in [-0.39, 0.29) is 5.54 Å². The monoisotopic (exact) mass is 199 g/mol. The molecule has 1 heterocycles. The van der Waals surface area contributed by atoms with E-state index in [2.05, 4.69) is 5.10 Å².